The van der Waals surface area contributed by atoms with E-state index in [1.807, 2.05) is 0 Å². The Morgan fingerprint density at radius 2 is 1.66 bits per heavy atom. The number of halogens is 3. The SMILES string of the molecule is COc1ccccc1OCc1nc(C(F)(F)F)ccc1C(=O)C1C(=O)C2CCC(C2)C1=O. The van der Waals surface area contributed by atoms with Gasteiger partial charge in [0.05, 0.1) is 12.8 Å². The quantitative estimate of drug-likeness (QED) is 0.491. The highest BCUT2D eigenvalue weighted by atomic mass is 19.4. The molecule has 2 aromatic rings. The number of methoxy groups -OCH3 is 1. The van der Waals surface area contributed by atoms with Crippen LogP contribution in [0.5, 0.6) is 11.5 Å². The smallest absolute Gasteiger partial charge is 0.433 e. The first-order valence-corrected chi connectivity index (χ1v) is 10.1. The van der Waals surface area contributed by atoms with E-state index in [1.165, 1.54) is 7.11 Å². The van der Waals surface area contributed by atoms with Gasteiger partial charge in [-0.15, -0.1) is 0 Å². The second-order valence-corrected chi connectivity index (χ2v) is 7.94. The Morgan fingerprint density at radius 3 is 2.25 bits per heavy atom. The van der Waals surface area contributed by atoms with E-state index in [-0.39, 0.29) is 28.8 Å². The van der Waals surface area contributed by atoms with Gasteiger partial charge in [-0.05, 0) is 43.5 Å². The van der Waals surface area contributed by atoms with E-state index in [2.05, 4.69) is 4.98 Å². The number of ether oxygens (including phenoxy) is 2. The fourth-order valence-electron chi connectivity index (χ4n) is 4.40. The number of nitrogens with zero attached hydrogens (tertiary/aromatic N) is 1. The number of rotatable bonds is 6. The number of hydrogen-bond donors (Lipinski definition) is 0. The van der Waals surface area contributed by atoms with Crippen LogP contribution in [-0.2, 0) is 22.4 Å². The van der Waals surface area contributed by atoms with E-state index in [9.17, 15) is 27.6 Å². The molecule has 1 aromatic carbocycles. The zero-order chi connectivity index (χ0) is 23.0. The molecule has 0 radical (unpaired) electrons. The molecule has 2 aliphatic carbocycles. The lowest BCUT2D eigenvalue weighted by atomic mass is 9.75. The Balaban J connectivity index is 1.69. The molecule has 1 heterocycles. The van der Waals surface area contributed by atoms with E-state index in [4.69, 9.17) is 9.47 Å². The van der Waals surface area contributed by atoms with Gasteiger partial charge < -0.3 is 9.47 Å². The Hall–Kier alpha value is -3.23. The molecule has 1 aromatic heterocycles. The van der Waals surface area contributed by atoms with E-state index in [0.29, 0.717) is 31.1 Å². The lowest BCUT2D eigenvalue weighted by Crippen LogP contribution is -2.42. The Morgan fingerprint density at radius 1 is 1.03 bits per heavy atom. The summed E-state index contributed by atoms with van der Waals surface area (Å²) in [5.74, 6) is -3.35. The summed E-state index contributed by atoms with van der Waals surface area (Å²) in [6.07, 6.45) is -3.20. The number of para-hydroxylation sites is 2. The first-order chi connectivity index (χ1) is 15.2. The van der Waals surface area contributed by atoms with Crippen LogP contribution in [0, 0.1) is 17.8 Å². The molecule has 4 rings (SSSR count). The van der Waals surface area contributed by atoms with Crippen molar-refractivity contribution < 1.29 is 37.0 Å². The number of alkyl halides is 3. The van der Waals surface area contributed by atoms with Crippen LogP contribution in [0.1, 0.15) is 41.0 Å². The third-order valence-electron chi connectivity index (χ3n) is 6.03. The van der Waals surface area contributed by atoms with Crippen molar-refractivity contribution in [3.63, 3.8) is 0 Å². The van der Waals surface area contributed by atoms with Crippen molar-refractivity contribution in [3.05, 3.63) is 53.3 Å². The Kier molecular flexibility index (Phi) is 5.75. The predicted octanol–water partition coefficient (Wildman–Crippen LogP) is 4.06. The molecule has 168 valence electrons. The van der Waals surface area contributed by atoms with Gasteiger partial charge in [0.1, 0.15) is 18.2 Å². The first kappa shape index (κ1) is 22.0. The molecular weight excluding hydrogens is 427 g/mol. The molecule has 6 nitrogen and oxygen atoms in total. The number of aromatic nitrogens is 1. The topological polar surface area (TPSA) is 82.6 Å². The van der Waals surface area contributed by atoms with Gasteiger partial charge in [0, 0.05) is 17.4 Å². The van der Waals surface area contributed by atoms with Crippen LogP contribution < -0.4 is 9.47 Å². The third-order valence-corrected chi connectivity index (χ3v) is 6.03. The molecule has 0 aliphatic heterocycles. The summed E-state index contributed by atoms with van der Waals surface area (Å²) in [5, 5.41) is 0. The number of Topliss-reactive ketones (excluding diaryl/α,β-unsaturated/α-hetero) is 3. The molecule has 2 atom stereocenters. The monoisotopic (exact) mass is 447 g/mol. The van der Waals surface area contributed by atoms with Crippen LogP contribution in [-0.4, -0.2) is 29.4 Å². The summed E-state index contributed by atoms with van der Waals surface area (Å²) in [6.45, 7) is -0.479. The maximum absolute atomic E-state index is 13.3. The molecule has 2 saturated carbocycles. The molecule has 2 unspecified atom stereocenters. The number of carbonyl (C=O) groups is 3. The molecule has 2 bridgehead atoms. The molecule has 0 amide bonds. The largest absolute Gasteiger partial charge is 0.493 e. The number of ketones is 3. The van der Waals surface area contributed by atoms with Gasteiger partial charge in [0.25, 0.3) is 0 Å². The molecular formula is C23H20F3NO5. The second-order valence-electron chi connectivity index (χ2n) is 7.94. The lowest BCUT2D eigenvalue weighted by molar-refractivity contribution is -0.141. The van der Waals surface area contributed by atoms with Crippen LogP contribution in [0.4, 0.5) is 13.2 Å². The van der Waals surface area contributed by atoms with Crippen molar-refractivity contribution in [2.24, 2.45) is 17.8 Å². The summed E-state index contributed by atoms with van der Waals surface area (Å²) in [5.41, 5.74) is -1.72. The standard InChI is InChI=1S/C23H20F3NO5/c1-31-16-4-2-3-5-17(16)32-11-15-14(8-9-18(27-15)23(24,25)26)22(30)19-20(28)12-6-7-13(10-12)21(19)29/h2-5,8-9,12-13,19H,6-7,10-11H2,1H3. The number of pyridine rings is 1. The molecule has 32 heavy (non-hydrogen) atoms. The lowest BCUT2D eigenvalue weighted by Gasteiger charge is -2.25. The molecule has 2 aliphatic rings. The van der Waals surface area contributed by atoms with E-state index in [1.54, 1.807) is 24.3 Å². The van der Waals surface area contributed by atoms with Crippen LogP contribution in [0.3, 0.4) is 0 Å². The minimum absolute atomic E-state index is 0.221. The van der Waals surface area contributed by atoms with Crippen molar-refractivity contribution in [1.82, 2.24) is 4.98 Å². The fraction of sp³-hybridized carbons (Fsp3) is 0.391. The third kappa shape index (κ3) is 3.99. The normalized spacial score (nSPS) is 22.7. The molecule has 0 spiro atoms. The van der Waals surface area contributed by atoms with Crippen molar-refractivity contribution in [1.29, 1.82) is 0 Å². The molecule has 0 N–H and O–H groups in total. The summed E-state index contributed by atoms with van der Waals surface area (Å²) in [6, 6.07) is 8.15. The number of fused-ring (bicyclic) bond motifs is 2. The summed E-state index contributed by atoms with van der Waals surface area (Å²) >= 11 is 0. The van der Waals surface area contributed by atoms with Crippen molar-refractivity contribution >= 4 is 17.3 Å². The van der Waals surface area contributed by atoms with Gasteiger partial charge in [-0.25, -0.2) is 4.98 Å². The van der Waals surface area contributed by atoms with E-state index in [0.717, 1.165) is 6.07 Å². The first-order valence-electron chi connectivity index (χ1n) is 10.1. The Bertz CT molecular complexity index is 1060. The molecule has 0 saturated heterocycles. The van der Waals surface area contributed by atoms with E-state index >= 15 is 0 Å². The van der Waals surface area contributed by atoms with Crippen LogP contribution in [0.2, 0.25) is 0 Å². The van der Waals surface area contributed by atoms with Crippen LogP contribution in [0.25, 0.3) is 0 Å². The number of benzene rings is 1. The maximum atomic E-state index is 13.3. The predicted molar refractivity (Wildman–Crippen MR) is 105 cm³/mol. The van der Waals surface area contributed by atoms with Gasteiger partial charge in [0.15, 0.2) is 28.8 Å². The van der Waals surface area contributed by atoms with Crippen molar-refractivity contribution in [2.75, 3.05) is 7.11 Å². The van der Waals surface area contributed by atoms with Crippen LogP contribution >= 0.6 is 0 Å². The van der Waals surface area contributed by atoms with Gasteiger partial charge in [-0.1, -0.05) is 12.1 Å². The second kappa shape index (κ2) is 8.37. The highest BCUT2D eigenvalue weighted by Crippen LogP contribution is 2.41. The summed E-state index contributed by atoms with van der Waals surface area (Å²) in [4.78, 5) is 42.3. The van der Waals surface area contributed by atoms with Crippen molar-refractivity contribution in [2.45, 2.75) is 32.0 Å². The maximum Gasteiger partial charge on any atom is 0.433 e. The number of hydrogen-bond acceptors (Lipinski definition) is 6. The Labute approximate surface area is 181 Å². The average molecular weight is 447 g/mol. The van der Waals surface area contributed by atoms with Gasteiger partial charge >= 0.3 is 6.18 Å². The zero-order valence-electron chi connectivity index (χ0n) is 17.1. The highest BCUT2D eigenvalue weighted by molar-refractivity contribution is 6.26. The molecule has 9 heteroatoms. The minimum Gasteiger partial charge on any atom is -0.493 e. The van der Waals surface area contributed by atoms with Gasteiger partial charge in [0.2, 0.25) is 0 Å². The van der Waals surface area contributed by atoms with E-state index < -0.39 is 41.7 Å². The molecule has 2 fully saturated rings. The summed E-state index contributed by atoms with van der Waals surface area (Å²) < 4.78 is 50.5. The zero-order valence-corrected chi connectivity index (χ0v) is 17.1. The van der Waals surface area contributed by atoms with Gasteiger partial charge in [-0.3, -0.25) is 14.4 Å². The highest BCUT2D eigenvalue weighted by Gasteiger charge is 2.50. The van der Waals surface area contributed by atoms with Crippen LogP contribution in [0.15, 0.2) is 36.4 Å². The fourth-order valence-corrected chi connectivity index (χ4v) is 4.40. The van der Waals surface area contributed by atoms with Crippen molar-refractivity contribution in [3.8, 4) is 11.5 Å². The van der Waals surface area contributed by atoms with Gasteiger partial charge in [-0.2, -0.15) is 13.2 Å². The minimum atomic E-state index is -4.74. The summed E-state index contributed by atoms with van der Waals surface area (Å²) in [7, 11) is 1.41. The number of carbonyl (C=O) groups excluding carboxylic acids is 3. The average Bonchev–Trinajstić information content (AvgIpc) is 3.23.